The second kappa shape index (κ2) is 6.25. The number of halogens is 1. The monoisotopic (exact) mass is 301 g/mol. The van der Waals surface area contributed by atoms with Crippen molar-refractivity contribution in [1.82, 2.24) is 0 Å². The summed E-state index contributed by atoms with van der Waals surface area (Å²) >= 11 is 6.10. The van der Waals surface area contributed by atoms with Crippen LogP contribution in [-0.4, -0.2) is 4.92 Å². The Morgan fingerprint density at radius 2 is 1.95 bits per heavy atom. The van der Waals surface area contributed by atoms with Gasteiger partial charge in [0.2, 0.25) is 0 Å². The Kier molecular flexibility index (Phi) is 4.41. The van der Waals surface area contributed by atoms with E-state index in [1.807, 2.05) is 13.0 Å². The number of rotatable bonds is 4. The van der Waals surface area contributed by atoms with Crippen molar-refractivity contribution < 1.29 is 4.92 Å². The lowest BCUT2D eigenvalue weighted by Crippen LogP contribution is -2.07. The Morgan fingerprint density at radius 1 is 1.29 bits per heavy atom. The molecule has 6 heteroatoms. The zero-order chi connectivity index (χ0) is 15.4. The summed E-state index contributed by atoms with van der Waals surface area (Å²) in [5.74, 6) is 0. The topological polar surface area (TPSA) is 79.0 Å². The Labute approximate surface area is 126 Å². The molecule has 5 nitrogen and oxygen atoms in total. The van der Waals surface area contributed by atoms with E-state index in [1.54, 1.807) is 30.3 Å². The van der Waals surface area contributed by atoms with Gasteiger partial charge in [-0.15, -0.1) is 0 Å². The summed E-state index contributed by atoms with van der Waals surface area (Å²) in [6, 6.07) is 13.3. The average molecular weight is 302 g/mol. The molecule has 0 saturated carbocycles. The van der Waals surface area contributed by atoms with Gasteiger partial charge in [-0.05, 0) is 30.7 Å². The molecule has 0 spiro atoms. The zero-order valence-corrected chi connectivity index (χ0v) is 12.0. The Hall–Kier alpha value is -2.58. The van der Waals surface area contributed by atoms with E-state index in [0.29, 0.717) is 16.3 Å². The molecule has 2 aromatic carbocycles. The number of nitro groups is 1. The maximum Gasteiger partial charge on any atom is 0.269 e. The molecule has 106 valence electrons. The van der Waals surface area contributed by atoms with Crippen LogP contribution in [0.2, 0.25) is 5.02 Å². The van der Waals surface area contributed by atoms with Gasteiger partial charge in [0.25, 0.3) is 5.69 Å². The van der Waals surface area contributed by atoms with Gasteiger partial charge >= 0.3 is 0 Å². The lowest BCUT2D eigenvalue weighted by Gasteiger charge is -2.16. The van der Waals surface area contributed by atoms with Crippen LogP contribution in [0.15, 0.2) is 42.5 Å². The van der Waals surface area contributed by atoms with E-state index in [-0.39, 0.29) is 11.7 Å². The van der Waals surface area contributed by atoms with Gasteiger partial charge in [-0.1, -0.05) is 23.7 Å². The molecule has 0 bridgehead atoms. The predicted molar refractivity (Wildman–Crippen MR) is 81.3 cm³/mol. The molecule has 2 rings (SSSR count). The third-order valence-corrected chi connectivity index (χ3v) is 3.39. The summed E-state index contributed by atoms with van der Waals surface area (Å²) in [5.41, 5.74) is 2.17. The van der Waals surface area contributed by atoms with Crippen molar-refractivity contribution in [2.24, 2.45) is 0 Å². The molecule has 1 N–H and O–H groups in total. The van der Waals surface area contributed by atoms with Crippen molar-refractivity contribution in [2.75, 3.05) is 5.32 Å². The van der Waals surface area contributed by atoms with Gasteiger partial charge in [0, 0.05) is 18.2 Å². The highest BCUT2D eigenvalue weighted by molar-refractivity contribution is 6.33. The summed E-state index contributed by atoms with van der Waals surface area (Å²) in [7, 11) is 0. The highest BCUT2D eigenvalue weighted by Gasteiger charge is 2.10. The lowest BCUT2D eigenvalue weighted by atomic mass is 10.1. The third-order valence-electron chi connectivity index (χ3n) is 3.07. The molecule has 1 atom stereocenters. The van der Waals surface area contributed by atoms with Crippen LogP contribution in [0.25, 0.3) is 0 Å². The highest BCUT2D eigenvalue weighted by Crippen LogP contribution is 2.27. The van der Waals surface area contributed by atoms with Gasteiger partial charge in [-0.2, -0.15) is 5.26 Å². The van der Waals surface area contributed by atoms with Crippen LogP contribution in [0.5, 0.6) is 0 Å². The van der Waals surface area contributed by atoms with Crippen molar-refractivity contribution in [3.8, 4) is 6.07 Å². The average Bonchev–Trinajstić information content (AvgIpc) is 2.49. The van der Waals surface area contributed by atoms with Gasteiger partial charge in [0.15, 0.2) is 0 Å². The summed E-state index contributed by atoms with van der Waals surface area (Å²) < 4.78 is 0. The molecular formula is C15H12ClN3O2. The quantitative estimate of drug-likeness (QED) is 0.674. The van der Waals surface area contributed by atoms with Crippen LogP contribution in [0.1, 0.15) is 24.1 Å². The third kappa shape index (κ3) is 3.50. The van der Waals surface area contributed by atoms with Gasteiger partial charge in [0.1, 0.15) is 0 Å². The predicted octanol–water partition coefficient (Wildman–Crippen LogP) is 4.29. The largest absolute Gasteiger partial charge is 0.377 e. The molecule has 21 heavy (non-hydrogen) atoms. The molecule has 1 unspecified atom stereocenters. The fraction of sp³-hybridized carbons (Fsp3) is 0.133. The first-order valence-electron chi connectivity index (χ1n) is 6.22. The van der Waals surface area contributed by atoms with Crippen LogP contribution < -0.4 is 5.32 Å². The number of hydrogen-bond acceptors (Lipinski definition) is 4. The number of nitro benzene ring substituents is 1. The fourth-order valence-electron chi connectivity index (χ4n) is 1.90. The van der Waals surface area contributed by atoms with E-state index in [1.165, 1.54) is 12.1 Å². The molecule has 0 aliphatic carbocycles. The maximum absolute atomic E-state index is 10.6. The van der Waals surface area contributed by atoms with Crippen molar-refractivity contribution >= 4 is 23.0 Å². The van der Waals surface area contributed by atoms with Crippen LogP contribution in [0.4, 0.5) is 11.4 Å². The molecular weight excluding hydrogens is 290 g/mol. The summed E-state index contributed by atoms with van der Waals surface area (Å²) in [4.78, 5) is 10.2. The van der Waals surface area contributed by atoms with Crippen molar-refractivity contribution in [3.05, 3.63) is 68.7 Å². The number of anilines is 1. The van der Waals surface area contributed by atoms with Crippen LogP contribution >= 0.6 is 11.6 Å². The minimum Gasteiger partial charge on any atom is -0.377 e. The maximum atomic E-state index is 10.6. The number of hydrogen-bond donors (Lipinski definition) is 1. The van der Waals surface area contributed by atoms with Gasteiger partial charge in [-0.3, -0.25) is 10.1 Å². The smallest absolute Gasteiger partial charge is 0.269 e. The normalized spacial score (nSPS) is 11.5. The molecule has 0 heterocycles. The SMILES string of the molecule is CC(Nc1ccc(C#N)cc1Cl)c1ccc([N+](=O)[O-])cc1. The van der Waals surface area contributed by atoms with E-state index >= 15 is 0 Å². The molecule has 0 amide bonds. The van der Waals surface area contributed by atoms with Crippen LogP contribution in [-0.2, 0) is 0 Å². The summed E-state index contributed by atoms with van der Waals surface area (Å²) in [6.07, 6.45) is 0. The van der Waals surface area contributed by atoms with Crippen molar-refractivity contribution in [1.29, 1.82) is 5.26 Å². The first-order chi connectivity index (χ1) is 10.0. The zero-order valence-electron chi connectivity index (χ0n) is 11.2. The standard InChI is InChI=1S/C15H12ClN3O2/c1-10(12-3-5-13(6-4-12)19(20)21)18-15-7-2-11(9-17)8-14(15)16/h2-8,10,18H,1H3. The number of benzene rings is 2. The minimum absolute atomic E-state index is 0.0577. The Balaban J connectivity index is 2.16. The first-order valence-corrected chi connectivity index (χ1v) is 6.59. The Bertz CT molecular complexity index is 708. The molecule has 0 fully saturated rings. The fourth-order valence-corrected chi connectivity index (χ4v) is 2.14. The second-order valence-electron chi connectivity index (χ2n) is 4.52. The number of nitriles is 1. The van der Waals surface area contributed by atoms with E-state index in [4.69, 9.17) is 16.9 Å². The van der Waals surface area contributed by atoms with E-state index in [0.717, 1.165) is 5.56 Å². The summed E-state index contributed by atoms with van der Waals surface area (Å²) in [5, 5.41) is 23.1. The lowest BCUT2D eigenvalue weighted by molar-refractivity contribution is -0.384. The van der Waals surface area contributed by atoms with Crippen LogP contribution in [0, 0.1) is 21.4 Å². The van der Waals surface area contributed by atoms with Gasteiger partial charge in [-0.25, -0.2) is 0 Å². The first kappa shape index (κ1) is 14.8. The minimum atomic E-state index is -0.431. The number of nitrogens with one attached hydrogen (secondary N) is 1. The molecule has 0 radical (unpaired) electrons. The van der Waals surface area contributed by atoms with Crippen molar-refractivity contribution in [2.45, 2.75) is 13.0 Å². The molecule has 0 aliphatic rings. The molecule has 0 aliphatic heterocycles. The molecule has 2 aromatic rings. The van der Waals surface area contributed by atoms with E-state index in [2.05, 4.69) is 5.32 Å². The Morgan fingerprint density at radius 3 is 2.48 bits per heavy atom. The highest BCUT2D eigenvalue weighted by atomic mass is 35.5. The number of nitrogens with zero attached hydrogens (tertiary/aromatic N) is 2. The molecule has 0 aromatic heterocycles. The molecule has 0 saturated heterocycles. The van der Waals surface area contributed by atoms with E-state index < -0.39 is 4.92 Å². The van der Waals surface area contributed by atoms with Crippen LogP contribution in [0.3, 0.4) is 0 Å². The number of non-ortho nitro benzene ring substituents is 1. The van der Waals surface area contributed by atoms with Gasteiger partial charge in [0.05, 0.1) is 27.3 Å². The van der Waals surface area contributed by atoms with Gasteiger partial charge < -0.3 is 5.32 Å². The summed E-state index contributed by atoms with van der Waals surface area (Å²) in [6.45, 7) is 1.93. The van der Waals surface area contributed by atoms with Crippen molar-refractivity contribution in [3.63, 3.8) is 0 Å². The second-order valence-corrected chi connectivity index (χ2v) is 4.93. The van der Waals surface area contributed by atoms with E-state index in [9.17, 15) is 10.1 Å².